The Morgan fingerprint density at radius 2 is 1.91 bits per heavy atom. The second-order valence-corrected chi connectivity index (χ2v) is 8.54. The summed E-state index contributed by atoms with van der Waals surface area (Å²) in [5.41, 5.74) is 1.67. The summed E-state index contributed by atoms with van der Waals surface area (Å²) in [6, 6.07) is 12.9. The van der Waals surface area contributed by atoms with E-state index < -0.39 is 23.5 Å². The van der Waals surface area contributed by atoms with Gasteiger partial charge in [-0.05, 0) is 36.8 Å². The number of carbonyl (C=O) groups is 2. The van der Waals surface area contributed by atoms with Crippen LogP contribution < -0.4 is 14.4 Å². The highest BCUT2D eigenvalue weighted by Crippen LogP contribution is 2.43. The maximum atomic E-state index is 13.7. The number of nitrogens with zero attached hydrogens (tertiary/aromatic N) is 2. The van der Waals surface area contributed by atoms with E-state index in [-0.39, 0.29) is 11.3 Å². The number of benzene rings is 2. The van der Waals surface area contributed by atoms with Gasteiger partial charge in [0.05, 0.1) is 31.5 Å². The molecule has 0 fully saturated rings. The van der Waals surface area contributed by atoms with Crippen molar-refractivity contribution in [2.75, 3.05) is 19.1 Å². The maximum Gasteiger partial charge on any atom is 0.296 e. The van der Waals surface area contributed by atoms with Gasteiger partial charge in [0.2, 0.25) is 5.78 Å². The molecule has 9 heteroatoms. The molecule has 1 amide bonds. The SMILES string of the molecule is COc1ccc(C2C(C(=O)c3cc4cccc(OC)c4o3)=C(O)C(=O)N2c2nc(C)cs2)cc1. The molecular weight excluding hydrogens is 456 g/mol. The number of fused-ring (bicyclic) bond motifs is 1. The van der Waals surface area contributed by atoms with Crippen LogP contribution in [0.5, 0.6) is 11.5 Å². The summed E-state index contributed by atoms with van der Waals surface area (Å²) in [7, 11) is 3.06. The van der Waals surface area contributed by atoms with E-state index in [0.717, 1.165) is 5.69 Å². The first-order valence-electron chi connectivity index (χ1n) is 10.4. The summed E-state index contributed by atoms with van der Waals surface area (Å²) in [4.78, 5) is 32.6. The number of hydrogen-bond acceptors (Lipinski definition) is 8. The lowest BCUT2D eigenvalue weighted by Gasteiger charge is -2.24. The van der Waals surface area contributed by atoms with E-state index in [9.17, 15) is 14.7 Å². The molecule has 0 aliphatic carbocycles. The van der Waals surface area contributed by atoms with E-state index in [2.05, 4.69) is 4.98 Å². The largest absolute Gasteiger partial charge is 0.503 e. The lowest BCUT2D eigenvalue weighted by atomic mass is 9.95. The number of para-hydroxylation sites is 1. The van der Waals surface area contributed by atoms with Gasteiger partial charge in [-0.15, -0.1) is 11.3 Å². The predicted molar refractivity (Wildman–Crippen MR) is 127 cm³/mol. The van der Waals surface area contributed by atoms with Crippen LogP contribution in [-0.2, 0) is 4.79 Å². The number of aryl methyl sites for hydroxylation is 1. The Hall–Kier alpha value is -4.11. The number of ketones is 1. The minimum absolute atomic E-state index is 0.00969. The summed E-state index contributed by atoms with van der Waals surface area (Å²) in [6.45, 7) is 1.81. The van der Waals surface area contributed by atoms with Crippen molar-refractivity contribution in [2.24, 2.45) is 0 Å². The first-order chi connectivity index (χ1) is 16.4. The Balaban J connectivity index is 1.65. The van der Waals surface area contributed by atoms with Crippen LogP contribution in [0.25, 0.3) is 11.0 Å². The van der Waals surface area contributed by atoms with E-state index in [1.165, 1.54) is 23.3 Å². The van der Waals surface area contributed by atoms with Crippen molar-refractivity contribution < 1.29 is 28.6 Å². The van der Waals surface area contributed by atoms with Gasteiger partial charge in [0, 0.05) is 10.8 Å². The molecule has 1 unspecified atom stereocenters. The van der Waals surface area contributed by atoms with E-state index >= 15 is 0 Å². The van der Waals surface area contributed by atoms with Crippen LogP contribution in [0.2, 0.25) is 0 Å². The third-order valence-corrected chi connectivity index (χ3v) is 6.61. The molecule has 0 saturated heterocycles. The van der Waals surface area contributed by atoms with Gasteiger partial charge < -0.3 is 19.0 Å². The standard InChI is InChI=1S/C25H20N2O6S/c1-13-12-34-25(26-13)27-20(14-7-9-16(31-2)10-8-14)19(22(29)24(27)30)21(28)18-11-15-5-4-6-17(32-3)23(15)33-18/h4-12,20,29H,1-3H3. The van der Waals surface area contributed by atoms with Crippen molar-refractivity contribution >= 4 is 39.1 Å². The second kappa shape index (κ2) is 8.35. The van der Waals surface area contributed by atoms with Gasteiger partial charge in [-0.1, -0.05) is 24.3 Å². The highest BCUT2D eigenvalue weighted by molar-refractivity contribution is 7.14. The van der Waals surface area contributed by atoms with E-state index in [1.54, 1.807) is 61.0 Å². The number of hydrogen-bond donors (Lipinski definition) is 1. The Morgan fingerprint density at radius 3 is 2.56 bits per heavy atom. The maximum absolute atomic E-state index is 13.7. The zero-order valence-electron chi connectivity index (χ0n) is 18.6. The Morgan fingerprint density at radius 1 is 1.15 bits per heavy atom. The summed E-state index contributed by atoms with van der Waals surface area (Å²) < 4.78 is 16.4. The molecule has 2 aromatic heterocycles. The first kappa shape index (κ1) is 21.7. The quantitative estimate of drug-likeness (QED) is 0.391. The van der Waals surface area contributed by atoms with E-state index in [0.29, 0.717) is 33.2 Å². The molecule has 0 radical (unpaired) electrons. The number of methoxy groups -OCH3 is 2. The zero-order chi connectivity index (χ0) is 24.0. The number of amides is 1. The smallest absolute Gasteiger partial charge is 0.296 e. The highest BCUT2D eigenvalue weighted by Gasteiger charge is 2.46. The minimum Gasteiger partial charge on any atom is -0.503 e. The van der Waals surface area contributed by atoms with Crippen molar-refractivity contribution in [1.29, 1.82) is 0 Å². The number of anilines is 1. The Kier molecular flexibility index (Phi) is 5.33. The number of carbonyl (C=O) groups excluding carboxylic acids is 2. The Labute approximate surface area is 198 Å². The van der Waals surface area contributed by atoms with Crippen LogP contribution in [0.1, 0.15) is 27.9 Å². The topological polar surface area (TPSA) is 102 Å². The van der Waals surface area contributed by atoms with Gasteiger partial charge in [-0.25, -0.2) is 4.98 Å². The average molecular weight is 477 g/mol. The third-order valence-electron chi connectivity index (χ3n) is 5.65. The monoisotopic (exact) mass is 476 g/mol. The molecular formula is C25H20N2O6S. The van der Waals surface area contributed by atoms with Crippen LogP contribution in [0.15, 0.2) is 69.7 Å². The van der Waals surface area contributed by atoms with Crippen LogP contribution in [0.4, 0.5) is 5.13 Å². The van der Waals surface area contributed by atoms with Crippen molar-refractivity contribution in [3.8, 4) is 11.5 Å². The molecule has 5 rings (SSSR count). The summed E-state index contributed by atoms with van der Waals surface area (Å²) in [5.74, 6) is -0.845. The minimum atomic E-state index is -0.897. The molecule has 2 aromatic carbocycles. The van der Waals surface area contributed by atoms with Crippen molar-refractivity contribution in [3.63, 3.8) is 0 Å². The van der Waals surface area contributed by atoms with Gasteiger partial charge >= 0.3 is 0 Å². The Bertz CT molecular complexity index is 1450. The average Bonchev–Trinajstić information content (AvgIpc) is 3.55. The molecule has 1 aliphatic heterocycles. The van der Waals surface area contributed by atoms with E-state index in [4.69, 9.17) is 13.9 Å². The summed E-state index contributed by atoms with van der Waals surface area (Å²) in [6.07, 6.45) is 0. The molecule has 0 bridgehead atoms. The zero-order valence-corrected chi connectivity index (χ0v) is 19.4. The lowest BCUT2D eigenvalue weighted by Crippen LogP contribution is -2.31. The molecule has 34 heavy (non-hydrogen) atoms. The summed E-state index contributed by atoms with van der Waals surface area (Å²) >= 11 is 1.26. The predicted octanol–water partition coefficient (Wildman–Crippen LogP) is 5.00. The first-order valence-corrected chi connectivity index (χ1v) is 11.2. The van der Waals surface area contributed by atoms with Crippen molar-refractivity contribution in [2.45, 2.75) is 13.0 Å². The fourth-order valence-electron chi connectivity index (χ4n) is 4.03. The molecule has 3 heterocycles. The summed E-state index contributed by atoms with van der Waals surface area (Å²) in [5, 5.41) is 13.7. The van der Waals surface area contributed by atoms with Gasteiger partial charge in [0.15, 0.2) is 28.0 Å². The molecule has 1 N–H and O–H groups in total. The molecule has 0 spiro atoms. The fraction of sp³-hybridized carbons (Fsp3) is 0.160. The van der Waals surface area contributed by atoms with Gasteiger partial charge in [-0.3, -0.25) is 14.5 Å². The van der Waals surface area contributed by atoms with Crippen molar-refractivity contribution in [3.05, 3.63) is 82.3 Å². The lowest BCUT2D eigenvalue weighted by molar-refractivity contribution is -0.117. The molecule has 172 valence electrons. The number of furan rings is 1. The molecule has 8 nitrogen and oxygen atoms in total. The van der Waals surface area contributed by atoms with Gasteiger partial charge in [0.1, 0.15) is 5.75 Å². The number of aliphatic hydroxyl groups excluding tert-OH is 1. The number of aliphatic hydroxyl groups is 1. The number of thiazole rings is 1. The van der Waals surface area contributed by atoms with Gasteiger partial charge in [-0.2, -0.15) is 0 Å². The van der Waals surface area contributed by atoms with Crippen LogP contribution in [0, 0.1) is 6.92 Å². The molecule has 0 saturated carbocycles. The second-order valence-electron chi connectivity index (χ2n) is 7.70. The normalized spacial score (nSPS) is 15.9. The van der Waals surface area contributed by atoms with Crippen LogP contribution in [-0.4, -0.2) is 36.0 Å². The number of ether oxygens (including phenoxy) is 2. The highest BCUT2D eigenvalue weighted by atomic mass is 32.1. The fourth-order valence-corrected chi connectivity index (χ4v) is 4.86. The van der Waals surface area contributed by atoms with Crippen LogP contribution in [0.3, 0.4) is 0 Å². The third kappa shape index (κ3) is 3.41. The van der Waals surface area contributed by atoms with Crippen LogP contribution >= 0.6 is 11.3 Å². The van der Waals surface area contributed by atoms with E-state index in [1.807, 2.05) is 6.92 Å². The number of aromatic nitrogens is 1. The number of Topliss-reactive ketones (excluding diaryl/α,β-unsaturated/α-hetero) is 1. The molecule has 1 aliphatic rings. The number of rotatable bonds is 6. The molecule has 4 aromatic rings. The van der Waals surface area contributed by atoms with Gasteiger partial charge in [0.25, 0.3) is 5.91 Å². The van der Waals surface area contributed by atoms with Crippen molar-refractivity contribution in [1.82, 2.24) is 4.98 Å². The molecule has 1 atom stereocenters.